The monoisotopic (exact) mass is 379 g/mol. The number of hydrogen-bond donors (Lipinski definition) is 0. The van der Waals surface area contributed by atoms with Gasteiger partial charge in [-0.05, 0) is 62.2 Å². The Morgan fingerprint density at radius 1 is 1.00 bits per heavy atom. The normalized spacial score (nSPS) is 19.8. The molecule has 5 heteroatoms. The Bertz CT molecular complexity index is 827. The van der Waals surface area contributed by atoms with Crippen LogP contribution >= 0.6 is 0 Å². The Labute approximate surface area is 165 Å². The molecular formula is C23H26FN3O. The molecule has 1 aromatic carbocycles. The van der Waals surface area contributed by atoms with Crippen LogP contribution in [0, 0.1) is 11.2 Å². The zero-order chi connectivity index (χ0) is 19.4. The van der Waals surface area contributed by atoms with Gasteiger partial charge in [-0.3, -0.25) is 14.7 Å². The summed E-state index contributed by atoms with van der Waals surface area (Å²) in [7, 11) is 0. The standard InChI is InChI=1S/C23H26FN3O/c24-20-8-6-19(7-9-20)17-27-14-4-2-10-23(22(27)28)11-15-26(16-12-23)18-21-5-1-3-13-25-21/h1-9,13H,10-12,14-18H2. The molecule has 3 heterocycles. The van der Waals surface area contributed by atoms with Crippen LogP contribution < -0.4 is 0 Å². The molecule has 0 saturated carbocycles. The lowest BCUT2D eigenvalue weighted by molar-refractivity contribution is -0.144. The minimum absolute atomic E-state index is 0.235. The Morgan fingerprint density at radius 2 is 1.79 bits per heavy atom. The fraction of sp³-hybridized carbons (Fsp3) is 0.391. The van der Waals surface area contributed by atoms with Crippen LogP contribution in [0.4, 0.5) is 4.39 Å². The van der Waals surface area contributed by atoms with E-state index < -0.39 is 0 Å². The minimum Gasteiger partial charge on any atom is -0.334 e. The van der Waals surface area contributed by atoms with Gasteiger partial charge >= 0.3 is 0 Å². The molecule has 1 saturated heterocycles. The second-order valence-corrected chi connectivity index (χ2v) is 7.87. The van der Waals surface area contributed by atoms with Gasteiger partial charge in [0.2, 0.25) is 5.91 Å². The number of carbonyl (C=O) groups excluding carboxylic acids is 1. The van der Waals surface area contributed by atoms with E-state index in [1.807, 2.05) is 29.3 Å². The van der Waals surface area contributed by atoms with E-state index in [2.05, 4.69) is 22.0 Å². The molecule has 2 aromatic rings. The molecule has 0 unspecified atom stereocenters. The highest BCUT2D eigenvalue weighted by Crippen LogP contribution is 2.39. The summed E-state index contributed by atoms with van der Waals surface area (Å²) < 4.78 is 13.2. The van der Waals surface area contributed by atoms with Crippen LogP contribution in [0.15, 0.2) is 60.8 Å². The summed E-state index contributed by atoms with van der Waals surface area (Å²) >= 11 is 0. The average Bonchev–Trinajstić information content (AvgIpc) is 2.87. The smallest absolute Gasteiger partial charge is 0.229 e. The zero-order valence-electron chi connectivity index (χ0n) is 16.1. The van der Waals surface area contributed by atoms with Crippen LogP contribution in [0.5, 0.6) is 0 Å². The highest BCUT2D eigenvalue weighted by atomic mass is 19.1. The van der Waals surface area contributed by atoms with Gasteiger partial charge < -0.3 is 4.90 Å². The third-order valence-electron chi connectivity index (χ3n) is 5.95. The molecule has 0 atom stereocenters. The van der Waals surface area contributed by atoms with E-state index in [1.165, 1.54) is 12.1 Å². The summed E-state index contributed by atoms with van der Waals surface area (Å²) in [5.74, 6) is -0.0121. The lowest BCUT2D eigenvalue weighted by atomic mass is 9.74. The van der Waals surface area contributed by atoms with Crippen molar-refractivity contribution in [3.8, 4) is 0 Å². The molecule has 0 aliphatic carbocycles. The third-order valence-corrected chi connectivity index (χ3v) is 5.95. The van der Waals surface area contributed by atoms with Crippen molar-refractivity contribution in [3.63, 3.8) is 0 Å². The first-order valence-electron chi connectivity index (χ1n) is 9.96. The van der Waals surface area contributed by atoms with Crippen LogP contribution in [-0.4, -0.2) is 40.3 Å². The van der Waals surface area contributed by atoms with Gasteiger partial charge in [0.15, 0.2) is 0 Å². The Kier molecular flexibility index (Phi) is 5.53. The van der Waals surface area contributed by atoms with E-state index in [9.17, 15) is 9.18 Å². The largest absolute Gasteiger partial charge is 0.334 e. The molecule has 0 radical (unpaired) electrons. The number of carbonyl (C=O) groups is 1. The van der Waals surface area contributed by atoms with Gasteiger partial charge in [0, 0.05) is 25.8 Å². The van der Waals surface area contributed by atoms with Gasteiger partial charge in [-0.1, -0.05) is 30.4 Å². The predicted octanol–water partition coefficient (Wildman–Crippen LogP) is 3.79. The Morgan fingerprint density at radius 3 is 2.50 bits per heavy atom. The minimum atomic E-state index is -0.312. The average molecular weight is 379 g/mol. The fourth-order valence-electron chi connectivity index (χ4n) is 4.24. The molecule has 0 N–H and O–H groups in total. The maximum atomic E-state index is 13.4. The van der Waals surface area contributed by atoms with Crippen molar-refractivity contribution in [3.05, 3.63) is 77.9 Å². The van der Waals surface area contributed by atoms with E-state index in [0.717, 1.165) is 50.2 Å². The van der Waals surface area contributed by atoms with Crippen molar-refractivity contribution in [2.45, 2.75) is 32.4 Å². The first-order chi connectivity index (χ1) is 13.6. The maximum Gasteiger partial charge on any atom is 0.229 e. The summed E-state index contributed by atoms with van der Waals surface area (Å²) in [6.45, 7) is 3.79. The second kappa shape index (κ2) is 8.23. The first kappa shape index (κ1) is 18.8. The molecule has 2 aliphatic heterocycles. The fourth-order valence-corrected chi connectivity index (χ4v) is 4.24. The van der Waals surface area contributed by atoms with Gasteiger partial charge in [-0.15, -0.1) is 0 Å². The third kappa shape index (κ3) is 4.14. The molecule has 1 spiro atoms. The molecular weight excluding hydrogens is 353 g/mol. The van der Waals surface area contributed by atoms with E-state index in [1.54, 1.807) is 12.1 Å². The summed E-state index contributed by atoms with van der Waals surface area (Å²) in [4.78, 5) is 22.2. The van der Waals surface area contributed by atoms with Gasteiger partial charge in [0.05, 0.1) is 11.1 Å². The van der Waals surface area contributed by atoms with Crippen LogP contribution in [0.1, 0.15) is 30.5 Å². The van der Waals surface area contributed by atoms with E-state index in [-0.39, 0.29) is 17.1 Å². The molecule has 0 bridgehead atoms. The first-order valence-corrected chi connectivity index (χ1v) is 9.96. The molecule has 1 aromatic heterocycles. The lowest BCUT2D eigenvalue weighted by Gasteiger charge is -2.42. The van der Waals surface area contributed by atoms with Crippen LogP contribution in [0.3, 0.4) is 0 Å². The van der Waals surface area contributed by atoms with Crippen molar-refractivity contribution in [2.75, 3.05) is 19.6 Å². The second-order valence-electron chi connectivity index (χ2n) is 7.87. The number of aromatic nitrogens is 1. The molecule has 4 nitrogen and oxygen atoms in total. The van der Waals surface area contributed by atoms with Crippen molar-refractivity contribution < 1.29 is 9.18 Å². The number of amides is 1. The highest BCUT2D eigenvalue weighted by Gasteiger charge is 2.43. The molecule has 146 valence electrons. The number of benzene rings is 1. The maximum absolute atomic E-state index is 13.4. The lowest BCUT2D eigenvalue weighted by Crippen LogP contribution is -2.49. The van der Waals surface area contributed by atoms with Crippen molar-refractivity contribution in [2.24, 2.45) is 5.41 Å². The van der Waals surface area contributed by atoms with E-state index in [4.69, 9.17) is 0 Å². The number of hydrogen-bond acceptors (Lipinski definition) is 3. The van der Waals surface area contributed by atoms with Crippen LogP contribution in [0.25, 0.3) is 0 Å². The zero-order valence-corrected chi connectivity index (χ0v) is 16.1. The van der Waals surface area contributed by atoms with Crippen molar-refractivity contribution in [1.29, 1.82) is 0 Å². The predicted molar refractivity (Wildman–Crippen MR) is 107 cm³/mol. The molecule has 1 amide bonds. The molecule has 2 aliphatic rings. The highest BCUT2D eigenvalue weighted by molar-refractivity contribution is 5.83. The number of pyridine rings is 1. The Hall–Kier alpha value is -2.53. The SMILES string of the molecule is O=C1N(Cc2ccc(F)cc2)CC=CCC12CCN(Cc1ccccn1)CC2. The number of allylic oxidation sites excluding steroid dienone is 1. The number of rotatable bonds is 4. The summed E-state index contributed by atoms with van der Waals surface area (Å²) in [5.41, 5.74) is 1.73. The van der Waals surface area contributed by atoms with Gasteiger partial charge in [-0.25, -0.2) is 4.39 Å². The Balaban J connectivity index is 1.42. The number of piperidine rings is 1. The summed E-state index contributed by atoms with van der Waals surface area (Å²) in [6, 6.07) is 12.4. The summed E-state index contributed by atoms with van der Waals surface area (Å²) in [6.07, 6.45) is 8.62. The molecule has 4 rings (SSSR count). The summed E-state index contributed by atoms with van der Waals surface area (Å²) in [5, 5.41) is 0. The molecule has 1 fully saturated rings. The van der Waals surface area contributed by atoms with Crippen LogP contribution in [0.2, 0.25) is 0 Å². The van der Waals surface area contributed by atoms with Crippen molar-refractivity contribution in [1.82, 2.24) is 14.8 Å². The van der Waals surface area contributed by atoms with Gasteiger partial charge in [0.25, 0.3) is 0 Å². The van der Waals surface area contributed by atoms with Crippen molar-refractivity contribution >= 4 is 5.91 Å². The molecule has 28 heavy (non-hydrogen) atoms. The van der Waals surface area contributed by atoms with Gasteiger partial charge in [0.1, 0.15) is 5.82 Å². The number of likely N-dealkylation sites (tertiary alicyclic amines) is 1. The number of halogens is 1. The quantitative estimate of drug-likeness (QED) is 0.759. The number of nitrogens with zero attached hydrogens (tertiary/aromatic N) is 3. The topological polar surface area (TPSA) is 36.4 Å². The van der Waals surface area contributed by atoms with Crippen LogP contribution in [-0.2, 0) is 17.9 Å². The van der Waals surface area contributed by atoms with Gasteiger partial charge in [-0.2, -0.15) is 0 Å². The van der Waals surface area contributed by atoms with E-state index >= 15 is 0 Å². The van der Waals surface area contributed by atoms with E-state index in [0.29, 0.717) is 13.1 Å².